The average Bonchev–Trinajstić information content (AvgIpc) is 3.08. The van der Waals surface area contributed by atoms with Crippen LogP contribution in [0, 0.1) is 11.6 Å². The van der Waals surface area contributed by atoms with Gasteiger partial charge >= 0.3 is 0 Å². The highest BCUT2D eigenvalue weighted by atomic mass is 19.3. The van der Waals surface area contributed by atoms with E-state index < -0.39 is 42.5 Å². The first kappa shape index (κ1) is 19.1. The van der Waals surface area contributed by atoms with Crippen LogP contribution in [0.2, 0.25) is 0 Å². The number of carbonyl (C=O) groups is 1. The van der Waals surface area contributed by atoms with Crippen LogP contribution in [0.3, 0.4) is 0 Å². The highest BCUT2D eigenvalue weighted by molar-refractivity contribution is 5.86. The number of amides is 1. The van der Waals surface area contributed by atoms with E-state index in [-0.39, 0.29) is 12.1 Å². The monoisotopic (exact) mass is 378 g/mol. The molecule has 27 heavy (non-hydrogen) atoms. The third-order valence-corrected chi connectivity index (χ3v) is 4.48. The number of halogens is 4. The van der Waals surface area contributed by atoms with Crippen LogP contribution < -0.4 is 5.73 Å². The highest BCUT2D eigenvalue weighted by Crippen LogP contribution is 2.36. The molecule has 3 nitrogen and oxygen atoms in total. The first-order valence-corrected chi connectivity index (χ1v) is 8.42. The van der Waals surface area contributed by atoms with Gasteiger partial charge < -0.3 is 10.6 Å². The van der Waals surface area contributed by atoms with Gasteiger partial charge in [0.1, 0.15) is 11.6 Å². The van der Waals surface area contributed by atoms with Gasteiger partial charge in [0.2, 0.25) is 12.3 Å². The Balaban J connectivity index is 1.97. The second-order valence-electron chi connectivity index (χ2n) is 6.37. The van der Waals surface area contributed by atoms with Crippen LogP contribution in [0.5, 0.6) is 0 Å². The van der Waals surface area contributed by atoms with Crippen LogP contribution >= 0.6 is 0 Å². The van der Waals surface area contributed by atoms with Gasteiger partial charge in [0.15, 0.2) is 0 Å². The maximum Gasteiger partial charge on any atom is 0.240 e. The number of benzene rings is 2. The molecule has 1 unspecified atom stereocenters. The van der Waals surface area contributed by atoms with Crippen molar-refractivity contribution in [1.29, 1.82) is 0 Å². The van der Waals surface area contributed by atoms with Crippen LogP contribution in [0.15, 0.2) is 54.6 Å². The molecule has 0 bridgehead atoms. The predicted molar refractivity (Wildman–Crippen MR) is 93.8 cm³/mol. The molecule has 0 aliphatic carbocycles. The van der Waals surface area contributed by atoms with Gasteiger partial charge in [-0.25, -0.2) is 17.6 Å². The van der Waals surface area contributed by atoms with E-state index >= 15 is 0 Å². The quantitative estimate of drug-likeness (QED) is 0.802. The van der Waals surface area contributed by atoms with Gasteiger partial charge in [-0.1, -0.05) is 36.4 Å². The van der Waals surface area contributed by atoms with Crippen LogP contribution in [0.1, 0.15) is 23.6 Å². The Hall–Kier alpha value is -2.67. The molecule has 1 aliphatic heterocycles. The van der Waals surface area contributed by atoms with Crippen molar-refractivity contribution in [1.82, 2.24) is 4.90 Å². The largest absolute Gasteiger partial charge is 0.326 e. The zero-order valence-corrected chi connectivity index (χ0v) is 14.3. The first-order valence-electron chi connectivity index (χ1n) is 8.42. The topological polar surface area (TPSA) is 46.3 Å². The van der Waals surface area contributed by atoms with Crippen molar-refractivity contribution in [2.75, 3.05) is 6.54 Å². The molecule has 3 rings (SSSR count). The maximum atomic E-state index is 14.2. The van der Waals surface area contributed by atoms with Crippen LogP contribution in [0.25, 0.3) is 5.57 Å². The maximum absolute atomic E-state index is 14.2. The summed E-state index contributed by atoms with van der Waals surface area (Å²) in [6, 6.07) is 9.97. The Morgan fingerprint density at radius 1 is 1.15 bits per heavy atom. The van der Waals surface area contributed by atoms with Crippen molar-refractivity contribution >= 4 is 11.5 Å². The molecule has 1 amide bonds. The number of nitrogens with two attached hydrogens (primary N) is 1. The van der Waals surface area contributed by atoms with Gasteiger partial charge in [-0.3, -0.25) is 4.79 Å². The summed E-state index contributed by atoms with van der Waals surface area (Å²) in [5.41, 5.74) is 6.81. The van der Waals surface area contributed by atoms with Gasteiger partial charge in [-0.2, -0.15) is 0 Å². The average molecular weight is 378 g/mol. The molecule has 0 saturated carbocycles. The number of nitrogens with zero attached hydrogens (tertiary/aromatic N) is 1. The lowest BCUT2D eigenvalue weighted by Gasteiger charge is -2.28. The molecular weight excluding hydrogens is 360 g/mol. The molecule has 1 heterocycles. The fourth-order valence-corrected chi connectivity index (χ4v) is 3.18. The number of rotatable bonds is 5. The number of hydrogen-bond donors (Lipinski definition) is 1. The van der Waals surface area contributed by atoms with E-state index in [4.69, 9.17) is 5.73 Å². The zero-order valence-electron chi connectivity index (χ0n) is 14.3. The Kier molecular flexibility index (Phi) is 5.60. The van der Waals surface area contributed by atoms with E-state index in [1.54, 1.807) is 36.4 Å². The summed E-state index contributed by atoms with van der Waals surface area (Å²) < 4.78 is 53.0. The number of hydrogen-bond acceptors (Lipinski definition) is 2. The van der Waals surface area contributed by atoms with Crippen molar-refractivity contribution in [3.63, 3.8) is 0 Å². The molecule has 2 N–H and O–H groups in total. The Morgan fingerprint density at radius 3 is 2.52 bits per heavy atom. The van der Waals surface area contributed by atoms with Crippen molar-refractivity contribution in [2.24, 2.45) is 5.73 Å². The van der Waals surface area contributed by atoms with E-state index in [0.717, 1.165) is 23.8 Å². The molecule has 0 fully saturated rings. The summed E-state index contributed by atoms with van der Waals surface area (Å²) in [7, 11) is 0. The number of alkyl halides is 2. The molecule has 7 heteroatoms. The van der Waals surface area contributed by atoms with Crippen molar-refractivity contribution in [3.05, 3.63) is 77.4 Å². The van der Waals surface area contributed by atoms with Crippen molar-refractivity contribution in [3.8, 4) is 0 Å². The molecule has 0 aromatic heterocycles. The van der Waals surface area contributed by atoms with Crippen LogP contribution in [0.4, 0.5) is 17.6 Å². The lowest BCUT2D eigenvalue weighted by atomic mass is 10.0. The fraction of sp³-hybridized carbons (Fsp3) is 0.250. The lowest BCUT2D eigenvalue weighted by molar-refractivity contribution is -0.134. The SMILES string of the molecule is N[C@@H](CC(F)F)C(=O)N1CC(c2cc(F)ccc2F)=CC1c1ccccc1. The summed E-state index contributed by atoms with van der Waals surface area (Å²) >= 11 is 0. The highest BCUT2D eigenvalue weighted by Gasteiger charge is 2.34. The first-order chi connectivity index (χ1) is 12.9. The van der Waals surface area contributed by atoms with E-state index in [0.29, 0.717) is 5.57 Å². The van der Waals surface area contributed by atoms with Crippen molar-refractivity contribution < 1.29 is 22.4 Å². The summed E-state index contributed by atoms with van der Waals surface area (Å²) in [6.07, 6.45) is -1.84. The summed E-state index contributed by atoms with van der Waals surface area (Å²) in [4.78, 5) is 14.0. The smallest absolute Gasteiger partial charge is 0.240 e. The third-order valence-electron chi connectivity index (χ3n) is 4.48. The Labute approximate surface area is 154 Å². The molecule has 2 atom stereocenters. The lowest BCUT2D eigenvalue weighted by Crippen LogP contribution is -2.44. The Bertz CT molecular complexity index is 854. The van der Waals surface area contributed by atoms with Gasteiger partial charge in [-0.05, 0) is 29.3 Å². The second-order valence-corrected chi connectivity index (χ2v) is 6.37. The van der Waals surface area contributed by atoms with Gasteiger partial charge in [0, 0.05) is 18.5 Å². The molecule has 0 spiro atoms. The van der Waals surface area contributed by atoms with Gasteiger partial charge in [0.25, 0.3) is 0 Å². The van der Waals surface area contributed by atoms with E-state index in [9.17, 15) is 22.4 Å². The summed E-state index contributed by atoms with van der Waals surface area (Å²) in [5, 5.41) is 0. The van der Waals surface area contributed by atoms with Crippen LogP contribution in [-0.4, -0.2) is 29.8 Å². The summed E-state index contributed by atoms with van der Waals surface area (Å²) in [5.74, 6) is -1.89. The molecule has 0 radical (unpaired) electrons. The van der Waals surface area contributed by atoms with E-state index in [1.807, 2.05) is 0 Å². The van der Waals surface area contributed by atoms with E-state index in [2.05, 4.69) is 0 Å². The standard InChI is InChI=1S/C20H18F4N2O/c21-14-6-7-16(22)15(9-14)13-8-18(12-4-2-1-3-5-12)26(11-13)20(27)17(25)10-19(23)24/h1-9,17-19H,10-11,25H2/t17-,18?/m0/s1. The van der Waals surface area contributed by atoms with E-state index in [1.165, 1.54) is 4.90 Å². The molecule has 0 saturated heterocycles. The fourth-order valence-electron chi connectivity index (χ4n) is 3.18. The molecule has 1 aliphatic rings. The minimum absolute atomic E-state index is 0.0358. The molecular formula is C20H18F4N2O. The molecule has 2 aromatic rings. The molecule has 2 aromatic carbocycles. The molecule has 142 valence electrons. The summed E-state index contributed by atoms with van der Waals surface area (Å²) in [6.45, 7) is -0.0459. The normalized spacial score (nSPS) is 17.9. The minimum Gasteiger partial charge on any atom is -0.326 e. The van der Waals surface area contributed by atoms with Crippen molar-refractivity contribution in [2.45, 2.75) is 24.9 Å². The zero-order chi connectivity index (χ0) is 19.6. The van der Waals surface area contributed by atoms with Gasteiger partial charge in [-0.15, -0.1) is 0 Å². The van der Waals surface area contributed by atoms with Gasteiger partial charge in [0.05, 0.1) is 12.1 Å². The minimum atomic E-state index is -2.71. The third kappa shape index (κ3) is 4.19. The van der Waals surface area contributed by atoms with Crippen LogP contribution in [-0.2, 0) is 4.79 Å². The predicted octanol–water partition coefficient (Wildman–Crippen LogP) is 3.91. The Morgan fingerprint density at radius 2 is 1.85 bits per heavy atom. The second kappa shape index (κ2) is 7.92. The number of carbonyl (C=O) groups excluding carboxylic acids is 1.